The maximum absolute atomic E-state index is 13.1. The minimum atomic E-state index is -3.40. The molecule has 122 valence electrons. The van der Waals surface area contributed by atoms with Crippen molar-refractivity contribution in [3.8, 4) is 0 Å². The smallest absolute Gasteiger partial charge is 0.238 e. The first-order valence-corrected chi connectivity index (χ1v) is 9.43. The largest absolute Gasteiger partial charge is 0.354 e. The van der Waals surface area contributed by atoms with Gasteiger partial charge in [0.2, 0.25) is 5.91 Å². The van der Waals surface area contributed by atoms with Gasteiger partial charge in [-0.05, 0) is 37.5 Å². The number of nitrogens with one attached hydrogen (secondary N) is 1. The van der Waals surface area contributed by atoms with Crippen molar-refractivity contribution in [3.63, 3.8) is 0 Å². The van der Waals surface area contributed by atoms with Gasteiger partial charge in [0.15, 0.2) is 9.84 Å². The van der Waals surface area contributed by atoms with Gasteiger partial charge in [0.1, 0.15) is 11.1 Å². The minimum absolute atomic E-state index is 0.222. The average molecular weight is 327 g/mol. The molecule has 0 aliphatic heterocycles. The summed E-state index contributed by atoms with van der Waals surface area (Å²) in [6, 6.07) is 6.37. The number of amides is 1. The van der Waals surface area contributed by atoms with Crippen molar-refractivity contribution in [2.45, 2.75) is 43.3 Å². The van der Waals surface area contributed by atoms with Crippen molar-refractivity contribution in [1.29, 1.82) is 0 Å². The first-order chi connectivity index (χ1) is 10.2. The van der Waals surface area contributed by atoms with Crippen LogP contribution in [0.4, 0.5) is 4.39 Å². The second kappa shape index (κ2) is 6.36. The van der Waals surface area contributed by atoms with Crippen LogP contribution >= 0.6 is 0 Å². The molecule has 1 fully saturated rings. The summed E-state index contributed by atoms with van der Waals surface area (Å²) in [7, 11) is -3.40. The first kappa shape index (κ1) is 16.9. The van der Waals surface area contributed by atoms with Gasteiger partial charge in [0.05, 0.1) is 0 Å². The quantitative estimate of drug-likeness (QED) is 0.901. The normalized spacial score (nSPS) is 18.9. The number of rotatable bonds is 5. The summed E-state index contributed by atoms with van der Waals surface area (Å²) in [6.45, 7) is 1.78. The summed E-state index contributed by atoms with van der Waals surface area (Å²) in [4.78, 5) is 12.0. The molecule has 2 rings (SSSR count). The maximum Gasteiger partial charge on any atom is 0.238 e. The lowest BCUT2D eigenvalue weighted by Crippen LogP contribution is -2.44. The second-order valence-corrected chi connectivity index (χ2v) is 8.55. The minimum Gasteiger partial charge on any atom is -0.354 e. The Balaban J connectivity index is 2.13. The fourth-order valence-electron chi connectivity index (χ4n) is 3.02. The molecule has 4 nitrogen and oxygen atoms in total. The summed E-state index contributed by atoms with van der Waals surface area (Å²) >= 11 is 0. The van der Waals surface area contributed by atoms with Crippen molar-refractivity contribution in [2.24, 2.45) is 0 Å². The van der Waals surface area contributed by atoms with Gasteiger partial charge in [0, 0.05) is 18.2 Å². The van der Waals surface area contributed by atoms with E-state index in [9.17, 15) is 17.6 Å². The molecule has 22 heavy (non-hydrogen) atoms. The van der Waals surface area contributed by atoms with Crippen LogP contribution in [0.15, 0.2) is 24.3 Å². The van der Waals surface area contributed by atoms with E-state index in [1.165, 1.54) is 19.1 Å². The molecule has 1 amide bonds. The van der Waals surface area contributed by atoms with Gasteiger partial charge < -0.3 is 5.32 Å². The van der Waals surface area contributed by atoms with Gasteiger partial charge in [-0.1, -0.05) is 25.0 Å². The van der Waals surface area contributed by atoms with Crippen LogP contribution in [-0.4, -0.2) is 32.4 Å². The molecule has 1 saturated carbocycles. The summed E-state index contributed by atoms with van der Waals surface area (Å²) in [5.74, 6) is -0.762. The van der Waals surface area contributed by atoms with E-state index in [4.69, 9.17) is 0 Å². The Morgan fingerprint density at radius 2 is 1.82 bits per heavy atom. The molecule has 0 heterocycles. The third kappa shape index (κ3) is 3.66. The molecule has 0 radical (unpaired) electrons. The van der Waals surface area contributed by atoms with E-state index in [0.29, 0.717) is 6.54 Å². The van der Waals surface area contributed by atoms with Crippen LogP contribution < -0.4 is 5.32 Å². The van der Waals surface area contributed by atoms with E-state index < -0.39 is 21.0 Å². The molecule has 0 saturated heterocycles. The highest BCUT2D eigenvalue weighted by atomic mass is 32.2. The molecule has 1 aromatic rings. The molecule has 0 bridgehead atoms. The van der Waals surface area contributed by atoms with Crippen molar-refractivity contribution in [2.75, 3.05) is 12.8 Å². The zero-order valence-electron chi connectivity index (χ0n) is 12.9. The number of hydrogen-bond donors (Lipinski definition) is 1. The summed E-state index contributed by atoms with van der Waals surface area (Å²) in [5, 5.41) is 1.72. The summed E-state index contributed by atoms with van der Waals surface area (Å²) in [6.07, 6.45) is 4.98. The summed E-state index contributed by atoms with van der Waals surface area (Å²) < 4.78 is 36.0. The molecular weight excluding hydrogens is 305 g/mol. The Morgan fingerprint density at radius 3 is 2.32 bits per heavy atom. The molecular formula is C16H22FNO3S. The van der Waals surface area contributed by atoms with E-state index in [1.54, 1.807) is 12.1 Å². The van der Waals surface area contributed by atoms with Gasteiger partial charge in [-0.25, -0.2) is 12.8 Å². The van der Waals surface area contributed by atoms with Crippen LogP contribution in [0.5, 0.6) is 0 Å². The Hall–Kier alpha value is -1.43. The van der Waals surface area contributed by atoms with Crippen LogP contribution in [-0.2, 0) is 20.0 Å². The van der Waals surface area contributed by atoms with Crippen LogP contribution in [0.3, 0.4) is 0 Å². The maximum atomic E-state index is 13.1. The highest BCUT2D eigenvalue weighted by Crippen LogP contribution is 2.40. The van der Waals surface area contributed by atoms with Crippen molar-refractivity contribution in [1.82, 2.24) is 5.32 Å². The van der Waals surface area contributed by atoms with Crippen LogP contribution in [0.25, 0.3) is 0 Å². The molecule has 1 aliphatic rings. The second-order valence-electron chi connectivity index (χ2n) is 6.18. The van der Waals surface area contributed by atoms with Crippen LogP contribution in [0.1, 0.15) is 38.2 Å². The monoisotopic (exact) mass is 327 g/mol. The highest BCUT2D eigenvalue weighted by molar-refractivity contribution is 7.92. The lowest BCUT2D eigenvalue weighted by Gasteiger charge is -2.30. The lowest BCUT2D eigenvalue weighted by molar-refractivity contribution is -0.120. The predicted molar refractivity (Wildman–Crippen MR) is 83.9 cm³/mol. The van der Waals surface area contributed by atoms with E-state index in [1.807, 2.05) is 0 Å². The third-order valence-electron chi connectivity index (χ3n) is 4.63. The van der Waals surface area contributed by atoms with E-state index in [0.717, 1.165) is 37.5 Å². The highest BCUT2D eigenvalue weighted by Gasteiger charge is 2.36. The van der Waals surface area contributed by atoms with Gasteiger partial charge >= 0.3 is 0 Å². The Bertz CT molecular complexity index is 634. The molecule has 0 unspecified atom stereocenters. The first-order valence-electron chi connectivity index (χ1n) is 7.47. The lowest BCUT2D eigenvalue weighted by atomic mass is 9.79. The Labute approximate surface area is 131 Å². The zero-order valence-corrected chi connectivity index (χ0v) is 13.7. The average Bonchev–Trinajstić information content (AvgIpc) is 2.93. The predicted octanol–water partition coefficient (Wildman–Crippen LogP) is 2.19. The van der Waals surface area contributed by atoms with Crippen molar-refractivity contribution in [3.05, 3.63) is 35.6 Å². The molecule has 0 spiro atoms. The third-order valence-corrected chi connectivity index (χ3v) is 6.13. The molecule has 1 atom stereocenters. The van der Waals surface area contributed by atoms with Gasteiger partial charge in [0.25, 0.3) is 0 Å². The van der Waals surface area contributed by atoms with E-state index in [2.05, 4.69) is 5.32 Å². The Kier molecular flexibility index (Phi) is 4.90. The van der Waals surface area contributed by atoms with Crippen LogP contribution in [0, 0.1) is 5.82 Å². The molecule has 6 heteroatoms. The van der Waals surface area contributed by atoms with Gasteiger partial charge in [-0.3, -0.25) is 4.79 Å². The fourth-order valence-corrected chi connectivity index (χ4v) is 3.49. The SMILES string of the molecule is C[C@H](C(=O)NCC1(c2ccc(F)cc2)CCCC1)S(C)(=O)=O. The van der Waals surface area contributed by atoms with Gasteiger partial charge in [-0.15, -0.1) is 0 Å². The van der Waals surface area contributed by atoms with Gasteiger partial charge in [-0.2, -0.15) is 0 Å². The van der Waals surface area contributed by atoms with E-state index >= 15 is 0 Å². The van der Waals surface area contributed by atoms with Crippen LogP contribution in [0.2, 0.25) is 0 Å². The number of benzene rings is 1. The number of carbonyl (C=O) groups is 1. The number of carbonyl (C=O) groups excluding carboxylic acids is 1. The van der Waals surface area contributed by atoms with Crippen molar-refractivity contribution >= 4 is 15.7 Å². The summed E-state index contributed by atoms with van der Waals surface area (Å²) in [5.41, 5.74) is 0.777. The Morgan fingerprint density at radius 1 is 1.27 bits per heavy atom. The topological polar surface area (TPSA) is 63.2 Å². The number of sulfone groups is 1. The standard InChI is InChI=1S/C16H22FNO3S/c1-12(22(2,20)21)15(19)18-11-16(9-3-4-10-16)13-5-7-14(17)8-6-13/h5-8,12H,3-4,9-11H2,1-2H3,(H,18,19)/t12-/m1/s1. The van der Waals surface area contributed by atoms with E-state index in [-0.39, 0.29) is 11.2 Å². The van der Waals surface area contributed by atoms with Crippen molar-refractivity contribution < 1.29 is 17.6 Å². The fraction of sp³-hybridized carbons (Fsp3) is 0.562. The number of hydrogen-bond acceptors (Lipinski definition) is 3. The molecule has 1 N–H and O–H groups in total. The molecule has 1 aliphatic carbocycles. The zero-order chi connectivity index (χ0) is 16.4. The molecule has 1 aromatic carbocycles. The number of halogens is 1. The molecule has 0 aromatic heterocycles.